The van der Waals surface area contributed by atoms with Crippen LogP contribution >= 0.6 is 0 Å². The van der Waals surface area contributed by atoms with Crippen LogP contribution in [-0.4, -0.2) is 25.2 Å². The van der Waals surface area contributed by atoms with Crippen molar-refractivity contribution in [1.82, 2.24) is 0 Å². The predicted molar refractivity (Wildman–Crippen MR) is 88.2 cm³/mol. The van der Waals surface area contributed by atoms with Gasteiger partial charge >= 0.3 is 0 Å². The second-order valence-corrected chi connectivity index (χ2v) is 6.23. The maximum atomic E-state index is 12.7. The molecule has 0 aromatic heterocycles. The van der Waals surface area contributed by atoms with Crippen LogP contribution in [0.1, 0.15) is 46.0 Å². The van der Waals surface area contributed by atoms with Gasteiger partial charge in [0.05, 0.1) is 6.61 Å². The van der Waals surface area contributed by atoms with Crippen LogP contribution < -0.4 is 10.1 Å². The molecule has 1 saturated carbocycles. The molecule has 1 fully saturated rings. The molecule has 0 radical (unpaired) electrons. The molecular weight excluding hydrogens is 278 g/mol. The molecule has 0 heterocycles. The Hall–Kier alpha value is -1.55. The van der Waals surface area contributed by atoms with E-state index in [4.69, 9.17) is 9.47 Å². The summed E-state index contributed by atoms with van der Waals surface area (Å²) in [5, 5.41) is 2.99. The molecule has 1 aromatic rings. The van der Waals surface area contributed by atoms with Crippen molar-refractivity contribution in [2.75, 3.05) is 19.0 Å². The van der Waals surface area contributed by atoms with Gasteiger partial charge in [-0.05, 0) is 55.9 Å². The standard InChI is InChI=1S/C18H27NO3/c1-4-12-22-16-9-7-15(8-10-16)19-17(20)18(21-3)11-5-6-14(2)13-18/h7-10,14H,4-6,11-13H2,1-3H3,(H,19,20)/t14-,18+/m1/s1. The molecule has 1 aliphatic carbocycles. The molecule has 122 valence electrons. The smallest absolute Gasteiger partial charge is 0.256 e. The number of methoxy groups -OCH3 is 1. The van der Waals surface area contributed by atoms with E-state index < -0.39 is 5.60 Å². The maximum absolute atomic E-state index is 12.7. The highest BCUT2D eigenvalue weighted by Gasteiger charge is 2.41. The largest absolute Gasteiger partial charge is 0.494 e. The molecule has 1 aliphatic rings. The SMILES string of the molecule is CCCOc1ccc(NC(=O)[C@]2(OC)CCC[C@@H](C)C2)cc1. The number of anilines is 1. The molecule has 2 rings (SSSR count). The lowest BCUT2D eigenvalue weighted by Crippen LogP contribution is -2.47. The van der Waals surface area contributed by atoms with Gasteiger partial charge in [0.25, 0.3) is 5.91 Å². The van der Waals surface area contributed by atoms with E-state index in [-0.39, 0.29) is 5.91 Å². The minimum absolute atomic E-state index is 0.0382. The molecule has 0 unspecified atom stereocenters. The van der Waals surface area contributed by atoms with Crippen LogP contribution in [0, 0.1) is 5.92 Å². The van der Waals surface area contributed by atoms with Crippen LogP contribution in [0.3, 0.4) is 0 Å². The van der Waals surface area contributed by atoms with E-state index >= 15 is 0 Å². The summed E-state index contributed by atoms with van der Waals surface area (Å²) in [6.07, 6.45) is 4.76. The summed E-state index contributed by atoms with van der Waals surface area (Å²) in [7, 11) is 1.64. The zero-order valence-electron chi connectivity index (χ0n) is 13.9. The van der Waals surface area contributed by atoms with E-state index in [1.807, 2.05) is 24.3 Å². The molecule has 22 heavy (non-hydrogen) atoms. The quantitative estimate of drug-likeness (QED) is 0.864. The summed E-state index contributed by atoms with van der Waals surface area (Å²) in [5.74, 6) is 1.31. The fourth-order valence-corrected chi connectivity index (χ4v) is 3.09. The molecule has 1 aromatic carbocycles. The van der Waals surface area contributed by atoms with E-state index in [0.29, 0.717) is 12.5 Å². The minimum atomic E-state index is -0.685. The number of carbonyl (C=O) groups is 1. The van der Waals surface area contributed by atoms with E-state index in [9.17, 15) is 4.79 Å². The number of hydrogen-bond donors (Lipinski definition) is 1. The second-order valence-electron chi connectivity index (χ2n) is 6.23. The van der Waals surface area contributed by atoms with Crippen molar-refractivity contribution >= 4 is 11.6 Å². The molecule has 0 saturated heterocycles. The Balaban J connectivity index is 2.00. The highest BCUT2D eigenvalue weighted by molar-refractivity contribution is 5.97. The summed E-state index contributed by atoms with van der Waals surface area (Å²) in [6.45, 7) is 4.96. The van der Waals surface area contributed by atoms with Crippen LogP contribution in [0.2, 0.25) is 0 Å². The van der Waals surface area contributed by atoms with Gasteiger partial charge in [-0.15, -0.1) is 0 Å². The molecule has 1 amide bonds. The maximum Gasteiger partial charge on any atom is 0.256 e. The number of carbonyl (C=O) groups excluding carboxylic acids is 1. The van der Waals surface area contributed by atoms with Gasteiger partial charge in [-0.25, -0.2) is 0 Å². The number of amides is 1. The highest BCUT2D eigenvalue weighted by Crippen LogP contribution is 2.35. The first-order chi connectivity index (χ1) is 10.6. The minimum Gasteiger partial charge on any atom is -0.494 e. The molecule has 0 aliphatic heterocycles. The Morgan fingerprint density at radius 3 is 2.68 bits per heavy atom. The van der Waals surface area contributed by atoms with Crippen LogP contribution in [0.25, 0.3) is 0 Å². The molecule has 4 heteroatoms. The molecule has 1 N–H and O–H groups in total. The first-order valence-corrected chi connectivity index (χ1v) is 8.19. The number of rotatable bonds is 6. The summed E-state index contributed by atoms with van der Waals surface area (Å²) < 4.78 is 11.2. The second kappa shape index (κ2) is 7.63. The van der Waals surface area contributed by atoms with Crippen molar-refractivity contribution in [1.29, 1.82) is 0 Å². The van der Waals surface area contributed by atoms with Crippen LogP contribution in [0.5, 0.6) is 5.75 Å². The van der Waals surface area contributed by atoms with Gasteiger partial charge in [0, 0.05) is 12.8 Å². The van der Waals surface area contributed by atoms with Crippen LogP contribution in [0.4, 0.5) is 5.69 Å². The topological polar surface area (TPSA) is 47.6 Å². The van der Waals surface area contributed by atoms with Gasteiger partial charge in [0.15, 0.2) is 0 Å². The third-order valence-electron chi connectivity index (χ3n) is 4.35. The Morgan fingerprint density at radius 2 is 2.09 bits per heavy atom. The third-order valence-corrected chi connectivity index (χ3v) is 4.35. The number of hydrogen-bond acceptors (Lipinski definition) is 3. The monoisotopic (exact) mass is 305 g/mol. The van der Waals surface area contributed by atoms with Gasteiger partial charge in [0.1, 0.15) is 11.4 Å². The highest BCUT2D eigenvalue weighted by atomic mass is 16.5. The van der Waals surface area contributed by atoms with Gasteiger partial charge in [-0.1, -0.05) is 20.3 Å². The van der Waals surface area contributed by atoms with Crippen LogP contribution in [0.15, 0.2) is 24.3 Å². The van der Waals surface area contributed by atoms with Gasteiger partial charge in [-0.2, -0.15) is 0 Å². The fourth-order valence-electron chi connectivity index (χ4n) is 3.09. The average molecular weight is 305 g/mol. The summed E-state index contributed by atoms with van der Waals surface area (Å²) in [4.78, 5) is 12.7. The van der Waals surface area contributed by atoms with E-state index in [1.165, 1.54) is 6.42 Å². The van der Waals surface area contributed by atoms with Gasteiger partial charge in [-0.3, -0.25) is 4.79 Å². The molecular formula is C18H27NO3. The normalized spacial score (nSPS) is 24.8. The Morgan fingerprint density at radius 1 is 1.36 bits per heavy atom. The number of benzene rings is 1. The first kappa shape index (κ1) is 16.8. The van der Waals surface area contributed by atoms with Crippen molar-refractivity contribution in [2.24, 2.45) is 5.92 Å². The number of nitrogens with one attached hydrogen (secondary N) is 1. The Labute approximate surface area is 133 Å². The van der Waals surface area contributed by atoms with Crippen molar-refractivity contribution < 1.29 is 14.3 Å². The van der Waals surface area contributed by atoms with Crippen LogP contribution in [-0.2, 0) is 9.53 Å². The number of ether oxygens (including phenoxy) is 2. The van der Waals surface area contributed by atoms with Crippen molar-refractivity contribution in [3.63, 3.8) is 0 Å². The zero-order valence-corrected chi connectivity index (χ0v) is 13.9. The summed E-state index contributed by atoms with van der Waals surface area (Å²) >= 11 is 0. The van der Waals surface area contributed by atoms with Gasteiger partial charge in [0.2, 0.25) is 0 Å². The summed E-state index contributed by atoms with van der Waals surface area (Å²) in [5.41, 5.74) is 0.0956. The predicted octanol–water partition coefficient (Wildman–Crippen LogP) is 4.01. The molecule has 4 nitrogen and oxygen atoms in total. The molecule has 2 atom stereocenters. The van der Waals surface area contributed by atoms with Crippen molar-refractivity contribution in [2.45, 2.75) is 51.6 Å². The van der Waals surface area contributed by atoms with E-state index in [2.05, 4.69) is 19.2 Å². The zero-order chi connectivity index (χ0) is 16.0. The third kappa shape index (κ3) is 4.01. The Bertz CT molecular complexity index is 486. The average Bonchev–Trinajstić information content (AvgIpc) is 2.54. The van der Waals surface area contributed by atoms with E-state index in [0.717, 1.165) is 37.1 Å². The van der Waals surface area contributed by atoms with Crippen molar-refractivity contribution in [3.8, 4) is 5.75 Å². The van der Waals surface area contributed by atoms with E-state index in [1.54, 1.807) is 7.11 Å². The first-order valence-electron chi connectivity index (χ1n) is 8.19. The lowest BCUT2D eigenvalue weighted by atomic mass is 9.78. The Kier molecular flexibility index (Phi) is 5.83. The van der Waals surface area contributed by atoms with Gasteiger partial charge < -0.3 is 14.8 Å². The fraction of sp³-hybridized carbons (Fsp3) is 0.611. The molecule has 0 bridgehead atoms. The summed E-state index contributed by atoms with van der Waals surface area (Å²) in [6, 6.07) is 7.51. The lowest BCUT2D eigenvalue weighted by Gasteiger charge is -2.37. The lowest BCUT2D eigenvalue weighted by molar-refractivity contribution is -0.143. The van der Waals surface area contributed by atoms with Crippen molar-refractivity contribution in [3.05, 3.63) is 24.3 Å². The molecule has 0 spiro atoms.